The maximum Gasteiger partial charge on any atom is 0.324 e. The molecular weight excluding hydrogens is 206 g/mol. The average molecular weight is 215 g/mol. The smallest absolute Gasteiger partial charge is 0.308 e. The molecule has 80 valence electrons. The lowest BCUT2D eigenvalue weighted by atomic mass is 10.4. The van der Waals surface area contributed by atoms with Gasteiger partial charge in [0.1, 0.15) is 0 Å². The Balaban J connectivity index is 1.95. The zero-order valence-corrected chi connectivity index (χ0v) is 8.29. The van der Waals surface area contributed by atoms with Gasteiger partial charge in [-0.2, -0.15) is 0 Å². The first-order valence-corrected chi connectivity index (χ1v) is 4.58. The number of anilines is 2. The summed E-state index contributed by atoms with van der Waals surface area (Å²) in [6, 6.07) is 3.01. The number of nitrogens with zero attached hydrogens (tertiary/aromatic N) is 3. The van der Waals surface area contributed by atoms with E-state index < -0.39 is 0 Å². The van der Waals surface area contributed by atoms with Crippen LogP contribution in [0.2, 0.25) is 0 Å². The third kappa shape index (κ3) is 2.74. The molecule has 0 unspecified atom stereocenters. The van der Waals surface area contributed by atoms with Crippen LogP contribution in [-0.4, -0.2) is 21.0 Å². The number of rotatable bonds is 2. The molecule has 0 aromatic carbocycles. The number of carbonyl (C=O) groups excluding carboxylic acids is 1. The molecule has 0 radical (unpaired) electrons. The van der Waals surface area contributed by atoms with Crippen molar-refractivity contribution in [1.82, 2.24) is 15.0 Å². The number of carbonyl (C=O) groups is 1. The Morgan fingerprint density at radius 1 is 1.00 bits per heavy atom. The van der Waals surface area contributed by atoms with E-state index in [1.807, 2.05) is 0 Å². The van der Waals surface area contributed by atoms with Gasteiger partial charge in [-0.1, -0.05) is 0 Å². The van der Waals surface area contributed by atoms with Crippen molar-refractivity contribution in [3.63, 3.8) is 0 Å². The van der Waals surface area contributed by atoms with Crippen molar-refractivity contribution in [3.05, 3.63) is 43.1 Å². The van der Waals surface area contributed by atoms with Crippen LogP contribution in [-0.2, 0) is 0 Å². The lowest BCUT2D eigenvalue weighted by Gasteiger charge is -2.05. The molecule has 2 heterocycles. The number of hydrogen-bond donors (Lipinski definition) is 2. The molecule has 0 saturated heterocycles. The van der Waals surface area contributed by atoms with Gasteiger partial charge in [-0.3, -0.25) is 15.3 Å². The molecule has 2 N–H and O–H groups in total. The summed E-state index contributed by atoms with van der Waals surface area (Å²) in [6.45, 7) is 0. The number of hydrogen-bond acceptors (Lipinski definition) is 4. The van der Waals surface area contributed by atoms with Crippen LogP contribution in [0.15, 0.2) is 43.1 Å². The molecule has 16 heavy (non-hydrogen) atoms. The Labute approximate surface area is 91.8 Å². The number of urea groups is 1. The van der Waals surface area contributed by atoms with Gasteiger partial charge in [0.25, 0.3) is 0 Å². The molecule has 6 nitrogen and oxygen atoms in total. The second-order valence-corrected chi connectivity index (χ2v) is 2.91. The first kappa shape index (κ1) is 10.0. The Kier molecular flexibility index (Phi) is 3.03. The van der Waals surface area contributed by atoms with E-state index in [1.54, 1.807) is 24.5 Å². The first-order valence-electron chi connectivity index (χ1n) is 4.58. The number of aromatic nitrogens is 3. The van der Waals surface area contributed by atoms with E-state index in [-0.39, 0.29) is 6.03 Å². The highest BCUT2D eigenvalue weighted by Gasteiger charge is 2.02. The van der Waals surface area contributed by atoms with Crippen molar-refractivity contribution in [2.75, 3.05) is 10.6 Å². The zero-order valence-electron chi connectivity index (χ0n) is 8.29. The molecule has 0 aliphatic carbocycles. The fourth-order valence-electron chi connectivity index (χ4n) is 1.08. The molecular formula is C10H9N5O. The molecule has 0 saturated carbocycles. The Hall–Kier alpha value is -2.50. The van der Waals surface area contributed by atoms with E-state index in [4.69, 9.17) is 0 Å². The molecule has 6 heteroatoms. The molecule has 0 aliphatic rings. The summed E-state index contributed by atoms with van der Waals surface area (Å²) >= 11 is 0. The van der Waals surface area contributed by atoms with Crippen LogP contribution in [0.4, 0.5) is 16.3 Å². The molecule has 2 aromatic heterocycles. The van der Waals surface area contributed by atoms with Crippen LogP contribution < -0.4 is 10.6 Å². The van der Waals surface area contributed by atoms with Crippen LogP contribution in [0.1, 0.15) is 0 Å². The van der Waals surface area contributed by atoms with Gasteiger partial charge in [0.05, 0.1) is 6.20 Å². The summed E-state index contributed by atoms with van der Waals surface area (Å²) in [4.78, 5) is 23.1. The number of amides is 2. The minimum atomic E-state index is -0.369. The van der Waals surface area contributed by atoms with Crippen LogP contribution in [0.3, 0.4) is 0 Å². The molecule has 2 aromatic rings. The van der Waals surface area contributed by atoms with Gasteiger partial charge in [-0.25, -0.2) is 9.78 Å². The van der Waals surface area contributed by atoms with Gasteiger partial charge in [0.2, 0.25) is 0 Å². The van der Waals surface area contributed by atoms with Crippen LogP contribution in [0.5, 0.6) is 0 Å². The molecule has 0 fully saturated rings. The molecule has 2 rings (SSSR count). The predicted octanol–water partition coefficient (Wildman–Crippen LogP) is 1.52. The van der Waals surface area contributed by atoms with E-state index in [0.29, 0.717) is 11.5 Å². The molecule has 2 amide bonds. The normalized spacial score (nSPS) is 9.50. The van der Waals surface area contributed by atoms with Crippen LogP contribution in [0, 0.1) is 0 Å². The van der Waals surface area contributed by atoms with E-state index in [1.165, 1.54) is 18.6 Å². The van der Waals surface area contributed by atoms with Crippen LogP contribution >= 0.6 is 0 Å². The molecule has 0 aliphatic heterocycles. The topological polar surface area (TPSA) is 79.8 Å². The van der Waals surface area contributed by atoms with Crippen molar-refractivity contribution >= 4 is 17.5 Å². The minimum Gasteiger partial charge on any atom is -0.308 e. The first-order chi connectivity index (χ1) is 7.84. The van der Waals surface area contributed by atoms with Gasteiger partial charge in [-0.05, 0) is 12.1 Å². The molecule has 0 atom stereocenters. The van der Waals surface area contributed by atoms with Crippen molar-refractivity contribution in [3.8, 4) is 0 Å². The van der Waals surface area contributed by atoms with Gasteiger partial charge in [-0.15, -0.1) is 0 Å². The number of nitrogens with one attached hydrogen (secondary N) is 2. The highest BCUT2D eigenvalue weighted by Crippen LogP contribution is 2.04. The monoisotopic (exact) mass is 215 g/mol. The molecule has 0 spiro atoms. The Morgan fingerprint density at radius 2 is 1.81 bits per heavy atom. The van der Waals surface area contributed by atoms with E-state index >= 15 is 0 Å². The third-order valence-corrected chi connectivity index (χ3v) is 1.74. The Morgan fingerprint density at radius 3 is 2.50 bits per heavy atom. The lowest BCUT2D eigenvalue weighted by Crippen LogP contribution is -2.20. The SMILES string of the molecule is O=C(Nc1ccncc1)Nc1cnccn1. The lowest BCUT2D eigenvalue weighted by molar-refractivity contribution is 0.262. The van der Waals surface area contributed by atoms with E-state index in [2.05, 4.69) is 25.6 Å². The quantitative estimate of drug-likeness (QED) is 0.795. The highest BCUT2D eigenvalue weighted by molar-refractivity contribution is 5.98. The predicted molar refractivity (Wildman–Crippen MR) is 58.9 cm³/mol. The van der Waals surface area contributed by atoms with Crippen molar-refractivity contribution < 1.29 is 4.79 Å². The third-order valence-electron chi connectivity index (χ3n) is 1.74. The summed E-state index contributed by atoms with van der Waals surface area (Å²) in [5.74, 6) is 0.397. The minimum absolute atomic E-state index is 0.369. The summed E-state index contributed by atoms with van der Waals surface area (Å²) in [5.41, 5.74) is 0.663. The van der Waals surface area contributed by atoms with Crippen LogP contribution in [0.25, 0.3) is 0 Å². The standard InChI is InChI=1S/C10H9N5O/c16-10(14-8-1-3-11-4-2-8)15-9-7-12-5-6-13-9/h1-7H,(H2,11,13,14,15,16). The van der Waals surface area contributed by atoms with E-state index in [0.717, 1.165) is 0 Å². The summed E-state index contributed by atoms with van der Waals surface area (Å²) in [7, 11) is 0. The second kappa shape index (κ2) is 4.83. The Bertz CT molecular complexity index is 416. The summed E-state index contributed by atoms with van der Waals surface area (Å²) in [6.07, 6.45) is 7.69. The average Bonchev–Trinajstić information content (AvgIpc) is 2.31. The number of pyridine rings is 1. The van der Waals surface area contributed by atoms with Gasteiger partial charge in [0.15, 0.2) is 5.82 Å². The second-order valence-electron chi connectivity index (χ2n) is 2.91. The molecule has 0 bridgehead atoms. The van der Waals surface area contributed by atoms with Gasteiger partial charge in [0, 0.05) is 30.5 Å². The van der Waals surface area contributed by atoms with Gasteiger partial charge >= 0.3 is 6.03 Å². The van der Waals surface area contributed by atoms with Crippen molar-refractivity contribution in [2.24, 2.45) is 0 Å². The summed E-state index contributed by atoms with van der Waals surface area (Å²) in [5, 5.41) is 5.18. The zero-order chi connectivity index (χ0) is 11.2. The maximum absolute atomic E-state index is 11.5. The largest absolute Gasteiger partial charge is 0.324 e. The summed E-state index contributed by atoms with van der Waals surface area (Å²) < 4.78 is 0. The highest BCUT2D eigenvalue weighted by atomic mass is 16.2. The van der Waals surface area contributed by atoms with Gasteiger partial charge < -0.3 is 5.32 Å². The fraction of sp³-hybridized carbons (Fsp3) is 0. The van der Waals surface area contributed by atoms with Crippen molar-refractivity contribution in [2.45, 2.75) is 0 Å². The van der Waals surface area contributed by atoms with E-state index in [9.17, 15) is 4.79 Å². The maximum atomic E-state index is 11.5. The van der Waals surface area contributed by atoms with Crippen molar-refractivity contribution in [1.29, 1.82) is 0 Å². The fourth-order valence-corrected chi connectivity index (χ4v) is 1.08.